The molecule has 3 aliphatic rings. The maximum atomic E-state index is 3.99. The van der Waals surface area contributed by atoms with Gasteiger partial charge >= 0.3 is 0 Å². The predicted octanol–water partition coefficient (Wildman–Crippen LogP) is 7.56. The van der Waals surface area contributed by atoms with Crippen LogP contribution in [0.15, 0.2) is 24.8 Å². The molecule has 0 nitrogen and oxygen atoms in total. The summed E-state index contributed by atoms with van der Waals surface area (Å²) in [5, 5.41) is 0. The van der Waals surface area contributed by atoms with Gasteiger partial charge in [-0.3, -0.25) is 0 Å². The molecule has 0 amide bonds. The van der Waals surface area contributed by atoms with Gasteiger partial charge in [0.05, 0.1) is 0 Å². The average molecular weight is 329 g/mol. The highest BCUT2D eigenvalue weighted by Crippen LogP contribution is 2.42. The molecule has 0 heteroatoms. The van der Waals surface area contributed by atoms with E-state index >= 15 is 0 Å². The van der Waals surface area contributed by atoms with Crippen LogP contribution in [0.2, 0.25) is 0 Å². The average Bonchev–Trinajstić information content (AvgIpc) is 3.08. The van der Waals surface area contributed by atoms with E-state index in [2.05, 4.69) is 31.7 Å². The zero-order chi connectivity index (χ0) is 16.8. The van der Waals surface area contributed by atoms with Crippen molar-refractivity contribution in [2.75, 3.05) is 0 Å². The third-order valence-electron chi connectivity index (χ3n) is 7.57. The molecule has 0 spiro atoms. The minimum atomic E-state index is 0.823. The van der Waals surface area contributed by atoms with Crippen LogP contribution in [0.5, 0.6) is 0 Å². The second-order valence-electron chi connectivity index (χ2n) is 9.20. The molecule has 2 unspecified atom stereocenters. The van der Waals surface area contributed by atoms with Crippen molar-refractivity contribution < 1.29 is 0 Å². The van der Waals surface area contributed by atoms with Gasteiger partial charge < -0.3 is 0 Å². The monoisotopic (exact) mass is 328 g/mol. The Labute approximate surface area is 151 Å². The van der Waals surface area contributed by atoms with E-state index in [-0.39, 0.29) is 0 Å². The molecule has 3 rings (SSSR count). The van der Waals surface area contributed by atoms with Gasteiger partial charge in [-0.05, 0) is 106 Å². The normalized spacial score (nSPS) is 40.9. The maximum absolute atomic E-state index is 3.99. The molecule has 3 fully saturated rings. The second kappa shape index (κ2) is 9.25. The van der Waals surface area contributed by atoms with Gasteiger partial charge in [0.2, 0.25) is 0 Å². The van der Waals surface area contributed by atoms with E-state index in [1.165, 1.54) is 83.5 Å². The summed E-state index contributed by atoms with van der Waals surface area (Å²) in [5.74, 6) is 5.75. The van der Waals surface area contributed by atoms with Crippen LogP contribution < -0.4 is 0 Å². The molecule has 0 bridgehead atoms. The molecule has 0 aromatic carbocycles. The van der Waals surface area contributed by atoms with Gasteiger partial charge in [-0.1, -0.05) is 38.0 Å². The SMILES string of the molecule is C=CC1CCC(C2CCC(C=CC3CCC(CCC)C3)CC2)CC1. The van der Waals surface area contributed by atoms with Crippen molar-refractivity contribution >= 4 is 0 Å². The van der Waals surface area contributed by atoms with Crippen LogP contribution in [0.4, 0.5) is 0 Å². The number of hydrogen-bond acceptors (Lipinski definition) is 0. The van der Waals surface area contributed by atoms with Crippen molar-refractivity contribution in [3.63, 3.8) is 0 Å². The first-order valence-corrected chi connectivity index (χ1v) is 11.1. The summed E-state index contributed by atoms with van der Waals surface area (Å²) in [6, 6.07) is 0. The molecule has 3 saturated carbocycles. The molecule has 2 atom stereocenters. The third-order valence-corrected chi connectivity index (χ3v) is 7.57. The van der Waals surface area contributed by atoms with Gasteiger partial charge in [-0.15, -0.1) is 6.58 Å². The van der Waals surface area contributed by atoms with Crippen LogP contribution >= 0.6 is 0 Å². The van der Waals surface area contributed by atoms with Gasteiger partial charge in [-0.2, -0.15) is 0 Å². The van der Waals surface area contributed by atoms with E-state index in [4.69, 9.17) is 0 Å². The van der Waals surface area contributed by atoms with Crippen molar-refractivity contribution in [2.24, 2.45) is 35.5 Å². The summed E-state index contributed by atoms with van der Waals surface area (Å²) in [6.07, 6.45) is 26.4. The molecule has 0 saturated heterocycles. The summed E-state index contributed by atoms with van der Waals surface area (Å²) < 4.78 is 0. The van der Waals surface area contributed by atoms with Crippen molar-refractivity contribution in [1.29, 1.82) is 0 Å². The van der Waals surface area contributed by atoms with Crippen LogP contribution in [0.25, 0.3) is 0 Å². The van der Waals surface area contributed by atoms with E-state index < -0.39 is 0 Å². The van der Waals surface area contributed by atoms with Crippen LogP contribution in [0, 0.1) is 35.5 Å². The fourth-order valence-electron chi connectivity index (χ4n) is 5.93. The maximum Gasteiger partial charge on any atom is -0.0231 e. The standard InChI is InChI=1S/C24H40/c1-3-5-21-8-9-22(18-21)7-6-20-12-16-24(17-13-20)23-14-10-19(4-2)11-15-23/h4,6-7,19-24H,2-3,5,8-18H2,1H3. The first-order chi connectivity index (χ1) is 11.8. The molecule has 0 aliphatic heterocycles. The van der Waals surface area contributed by atoms with Gasteiger partial charge in [-0.25, -0.2) is 0 Å². The molecular formula is C24H40. The largest absolute Gasteiger partial charge is 0.103 e. The van der Waals surface area contributed by atoms with E-state index in [0.717, 1.165) is 35.5 Å². The van der Waals surface area contributed by atoms with Crippen molar-refractivity contribution in [2.45, 2.75) is 90.4 Å². The first-order valence-electron chi connectivity index (χ1n) is 11.1. The molecule has 0 aromatic heterocycles. The lowest BCUT2D eigenvalue weighted by Gasteiger charge is -2.36. The smallest absolute Gasteiger partial charge is 0.0231 e. The fourth-order valence-corrected chi connectivity index (χ4v) is 5.93. The Morgan fingerprint density at radius 1 is 0.708 bits per heavy atom. The molecule has 24 heavy (non-hydrogen) atoms. The van der Waals surface area contributed by atoms with Crippen LogP contribution in [-0.4, -0.2) is 0 Å². The molecule has 0 aromatic rings. The third kappa shape index (κ3) is 4.99. The topological polar surface area (TPSA) is 0 Å². The number of hydrogen-bond donors (Lipinski definition) is 0. The van der Waals surface area contributed by atoms with Crippen LogP contribution in [0.1, 0.15) is 90.4 Å². The molecule has 0 radical (unpaired) electrons. The fraction of sp³-hybridized carbons (Fsp3) is 0.833. The zero-order valence-electron chi connectivity index (χ0n) is 16.1. The highest BCUT2D eigenvalue weighted by atomic mass is 14.4. The molecule has 136 valence electrons. The van der Waals surface area contributed by atoms with Crippen molar-refractivity contribution in [3.8, 4) is 0 Å². The Balaban J connectivity index is 1.36. The summed E-state index contributed by atoms with van der Waals surface area (Å²) >= 11 is 0. The second-order valence-corrected chi connectivity index (χ2v) is 9.20. The number of allylic oxidation sites excluding steroid dienone is 3. The summed E-state index contributed by atoms with van der Waals surface area (Å²) in [4.78, 5) is 0. The van der Waals surface area contributed by atoms with E-state index in [1.54, 1.807) is 0 Å². The van der Waals surface area contributed by atoms with Crippen LogP contribution in [0.3, 0.4) is 0 Å². The molecule has 3 aliphatic carbocycles. The lowest BCUT2D eigenvalue weighted by atomic mass is 9.69. The van der Waals surface area contributed by atoms with Crippen molar-refractivity contribution in [3.05, 3.63) is 24.8 Å². The van der Waals surface area contributed by atoms with E-state index in [0.29, 0.717) is 0 Å². The molecule has 0 heterocycles. The van der Waals surface area contributed by atoms with Gasteiger partial charge in [0.1, 0.15) is 0 Å². The summed E-state index contributed by atoms with van der Waals surface area (Å²) in [7, 11) is 0. The Morgan fingerprint density at radius 2 is 1.25 bits per heavy atom. The lowest BCUT2D eigenvalue weighted by molar-refractivity contribution is 0.166. The highest BCUT2D eigenvalue weighted by molar-refractivity contribution is 4.98. The summed E-state index contributed by atoms with van der Waals surface area (Å²) in [6.45, 7) is 6.33. The molecular weight excluding hydrogens is 288 g/mol. The summed E-state index contributed by atoms with van der Waals surface area (Å²) in [5.41, 5.74) is 0. The first kappa shape index (κ1) is 18.3. The van der Waals surface area contributed by atoms with E-state index in [1.807, 2.05) is 0 Å². The lowest BCUT2D eigenvalue weighted by Crippen LogP contribution is -2.25. The zero-order valence-corrected chi connectivity index (χ0v) is 16.1. The Bertz CT molecular complexity index is 390. The number of rotatable bonds is 6. The quantitative estimate of drug-likeness (QED) is 0.441. The van der Waals surface area contributed by atoms with Crippen molar-refractivity contribution in [1.82, 2.24) is 0 Å². The van der Waals surface area contributed by atoms with Gasteiger partial charge in [0, 0.05) is 0 Å². The van der Waals surface area contributed by atoms with E-state index in [9.17, 15) is 0 Å². The molecule has 0 N–H and O–H groups in total. The Kier molecular flexibility index (Phi) is 7.05. The minimum absolute atomic E-state index is 0.823. The highest BCUT2D eigenvalue weighted by Gasteiger charge is 2.30. The van der Waals surface area contributed by atoms with Crippen LogP contribution in [-0.2, 0) is 0 Å². The van der Waals surface area contributed by atoms with Gasteiger partial charge in [0.25, 0.3) is 0 Å². The Morgan fingerprint density at radius 3 is 1.83 bits per heavy atom. The van der Waals surface area contributed by atoms with Gasteiger partial charge in [0.15, 0.2) is 0 Å². The minimum Gasteiger partial charge on any atom is -0.103 e. The predicted molar refractivity (Wildman–Crippen MR) is 106 cm³/mol. The Hall–Kier alpha value is -0.520.